The van der Waals surface area contributed by atoms with Crippen molar-refractivity contribution in [2.45, 2.75) is 25.2 Å². The number of amidine groups is 1. The van der Waals surface area contributed by atoms with Crippen LogP contribution in [0.4, 0.5) is 11.4 Å². The van der Waals surface area contributed by atoms with E-state index in [0.717, 1.165) is 40.9 Å². The Morgan fingerprint density at radius 2 is 2.00 bits per heavy atom. The van der Waals surface area contributed by atoms with E-state index in [0.29, 0.717) is 0 Å². The largest absolute Gasteiger partial charge is 0.462 e. The van der Waals surface area contributed by atoms with Crippen molar-refractivity contribution in [1.82, 2.24) is 0 Å². The zero-order valence-electron chi connectivity index (χ0n) is 14.8. The first kappa shape index (κ1) is 18.3. The first-order valence-corrected chi connectivity index (χ1v) is 9.41. The van der Waals surface area contributed by atoms with Crippen LogP contribution in [-0.4, -0.2) is 43.4 Å². The molecule has 0 amide bonds. The van der Waals surface area contributed by atoms with E-state index in [-0.39, 0.29) is 18.8 Å². The number of carbonyl (C=O) groups excluding carboxylic acids is 2. The highest BCUT2D eigenvalue weighted by atomic mass is 32.2. The molecule has 1 aromatic rings. The Kier molecular flexibility index (Phi) is 5.82. The van der Waals surface area contributed by atoms with Crippen LogP contribution < -0.4 is 10.2 Å². The van der Waals surface area contributed by atoms with Crippen LogP contribution in [-0.2, 0) is 19.1 Å². The number of thioether (sulfide) groups is 1. The number of esters is 2. The predicted molar refractivity (Wildman–Crippen MR) is 102 cm³/mol. The highest BCUT2D eigenvalue weighted by molar-refractivity contribution is 8.15. The van der Waals surface area contributed by atoms with Gasteiger partial charge in [0, 0.05) is 19.3 Å². The van der Waals surface area contributed by atoms with Crippen molar-refractivity contribution in [1.29, 1.82) is 0 Å². The van der Waals surface area contributed by atoms with Gasteiger partial charge in [-0.15, -0.1) is 0 Å². The molecule has 2 aliphatic heterocycles. The molecule has 7 nitrogen and oxygen atoms in total. The topological polar surface area (TPSA) is 80.2 Å². The maximum atomic E-state index is 12.1. The summed E-state index contributed by atoms with van der Waals surface area (Å²) in [6, 6.07) is 5.87. The first-order valence-electron chi connectivity index (χ1n) is 8.59. The summed E-state index contributed by atoms with van der Waals surface area (Å²) in [6.07, 6.45) is 2.38. The van der Waals surface area contributed by atoms with Crippen LogP contribution in [0, 0.1) is 0 Å². The third kappa shape index (κ3) is 3.70. The summed E-state index contributed by atoms with van der Waals surface area (Å²) >= 11 is 1.59. The summed E-state index contributed by atoms with van der Waals surface area (Å²) in [4.78, 5) is 31.9. The van der Waals surface area contributed by atoms with Gasteiger partial charge in [0.15, 0.2) is 10.7 Å². The fourth-order valence-corrected chi connectivity index (χ4v) is 3.87. The molecule has 0 radical (unpaired) electrons. The number of rotatable bonds is 6. The lowest BCUT2D eigenvalue weighted by Crippen LogP contribution is -2.30. The summed E-state index contributed by atoms with van der Waals surface area (Å²) in [7, 11) is 0. The Balaban J connectivity index is 1.86. The Labute approximate surface area is 156 Å². The average molecular weight is 375 g/mol. The molecule has 8 heteroatoms. The van der Waals surface area contributed by atoms with Gasteiger partial charge in [0.2, 0.25) is 0 Å². The number of hydrogen-bond acceptors (Lipinski definition) is 8. The number of nitrogens with zero attached hydrogens (tertiary/aromatic N) is 2. The second-order valence-electron chi connectivity index (χ2n) is 5.57. The van der Waals surface area contributed by atoms with Gasteiger partial charge >= 0.3 is 11.9 Å². The molecule has 3 rings (SSSR count). The lowest BCUT2D eigenvalue weighted by molar-refractivity contribution is -0.146. The van der Waals surface area contributed by atoms with Crippen molar-refractivity contribution in [2.24, 2.45) is 4.99 Å². The number of ether oxygens (including phenoxy) is 2. The molecule has 0 bridgehead atoms. The van der Waals surface area contributed by atoms with Crippen LogP contribution >= 0.6 is 11.8 Å². The van der Waals surface area contributed by atoms with Crippen molar-refractivity contribution in [3.05, 3.63) is 30.0 Å². The monoisotopic (exact) mass is 375 g/mol. The molecule has 26 heavy (non-hydrogen) atoms. The van der Waals surface area contributed by atoms with Gasteiger partial charge in [0.25, 0.3) is 0 Å². The third-order valence-corrected chi connectivity index (χ3v) is 5.02. The lowest BCUT2D eigenvalue weighted by atomic mass is 10.2. The number of benzene rings is 1. The van der Waals surface area contributed by atoms with Crippen LogP contribution in [0.25, 0.3) is 0 Å². The lowest BCUT2D eigenvalue weighted by Gasteiger charge is -2.22. The standard InChI is InChI=1S/C18H21N3O4S/c1-3-24-16(22)12(17(23)25-4-2)11-20-13-7-5-8-14-15(13)26-18-19-9-6-10-21(14)18/h5,7-8,11,20H,3-4,6,9-10H2,1-2H3. The van der Waals surface area contributed by atoms with E-state index in [1.807, 2.05) is 18.2 Å². The molecule has 0 saturated heterocycles. The number of fused-ring (bicyclic) bond motifs is 3. The summed E-state index contributed by atoms with van der Waals surface area (Å²) in [5.74, 6) is -1.42. The summed E-state index contributed by atoms with van der Waals surface area (Å²) < 4.78 is 9.90. The third-order valence-electron chi connectivity index (χ3n) is 3.86. The van der Waals surface area contributed by atoms with Gasteiger partial charge in [-0.25, -0.2) is 9.59 Å². The first-order chi connectivity index (χ1) is 12.7. The molecule has 138 valence electrons. The molecule has 0 aliphatic carbocycles. The zero-order chi connectivity index (χ0) is 18.5. The fourth-order valence-electron chi connectivity index (χ4n) is 2.71. The van der Waals surface area contributed by atoms with E-state index in [9.17, 15) is 9.59 Å². The number of aliphatic imine (C=N–C) groups is 1. The average Bonchev–Trinajstić information content (AvgIpc) is 3.02. The van der Waals surface area contributed by atoms with Crippen molar-refractivity contribution >= 4 is 40.2 Å². The Hall–Kier alpha value is -2.48. The van der Waals surface area contributed by atoms with E-state index in [2.05, 4.69) is 15.2 Å². The minimum atomic E-state index is -0.708. The molecule has 0 fully saturated rings. The summed E-state index contributed by atoms with van der Waals surface area (Å²) in [6.45, 7) is 5.51. The van der Waals surface area contributed by atoms with Gasteiger partial charge in [-0.05, 0) is 44.2 Å². The van der Waals surface area contributed by atoms with Gasteiger partial charge in [-0.3, -0.25) is 4.99 Å². The molecule has 0 aromatic heterocycles. The number of nitrogens with one attached hydrogen (secondary N) is 1. The molecule has 1 aromatic carbocycles. The quantitative estimate of drug-likeness (QED) is 0.354. The van der Waals surface area contributed by atoms with Crippen LogP contribution in [0.5, 0.6) is 0 Å². The van der Waals surface area contributed by atoms with Crippen LogP contribution in [0.2, 0.25) is 0 Å². The molecule has 0 unspecified atom stereocenters. The van der Waals surface area contributed by atoms with E-state index in [1.165, 1.54) is 6.20 Å². The van der Waals surface area contributed by atoms with Gasteiger partial charge < -0.3 is 19.7 Å². The summed E-state index contributed by atoms with van der Waals surface area (Å²) in [5.41, 5.74) is 1.72. The molecule has 2 heterocycles. The Morgan fingerprint density at radius 3 is 2.69 bits per heavy atom. The van der Waals surface area contributed by atoms with Crippen molar-refractivity contribution in [3.63, 3.8) is 0 Å². The maximum absolute atomic E-state index is 12.1. The van der Waals surface area contributed by atoms with Gasteiger partial charge in [-0.1, -0.05) is 6.07 Å². The van der Waals surface area contributed by atoms with Crippen LogP contribution in [0.3, 0.4) is 0 Å². The molecule has 1 N–H and O–H groups in total. The molecule has 2 aliphatic rings. The molecular formula is C18H21N3O4S. The highest BCUT2D eigenvalue weighted by Gasteiger charge is 2.30. The van der Waals surface area contributed by atoms with Crippen LogP contribution in [0.1, 0.15) is 20.3 Å². The maximum Gasteiger partial charge on any atom is 0.347 e. The predicted octanol–water partition coefficient (Wildman–Crippen LogP) is 2.78. The van der Waals surface area contributed by atoms with Crippen LogP contribution in [0.15, 0.2) is 39.9 Å². The molecule has 0 saturated carbocycles. The van der Waals surface area contributed by atoms with E-state index in [1.54, 1.807) is 25.6 Å². The van der Waals surface area contributed by atoms with Gasteiger partial charge in [0.1, 0.15) is 0 Å². The van der Waals surface area contributed by atoms with E-state index >= 15 is 0 Å². The highest BCUT2D eigenvalue weighted by Crippen LogP contribution is 2.45. The fraction of sp³-hybridized carbons (Fsp3) is 0.389. The normalized spacial score (nSPS) is 14.7. The van der Waals surface area contributed by atoms with E-state index in [4.69, 9.17) is 9.47 Å². The van der Waals surface area contributed by atoms with Gasteiger partial charge in [0.05, 0.1) is 29.5 Å². The summed E-state index contributed by atoms with van der Waals surface area (Å²) in [5, 5.41) is 4.05. The van der Waals surface area contributed by atoms with Crippen molar-refractivity contribution < 1.29 is 19.1 Å². The smallest absolute Gasteiger partial charge is 0.347 e. The number of carbonyl (C=O) groups is 2. The zero-order valence-corrected chi connectivity index (χ0v) is 15.6. The number of anilines is 2. The Bertz CT molecular complexity index is 756. The second kappa shape index (κ2) is 8.27. The SMILES string of the molecule is CCOC(=O)C(=CNc1cccc2c1SC1=NCCCN12)C(=O)OCC. The molecule has 0 spiro atoms. The van der Waals surface area contributed by atoms with Gasteiger partial charge in [-0.2, -0.15) is 0 Å². The Morgan fingerprint density at radius 1 is 1.27 bits per heavy atom. The minimum Gasteiger partial charge on any atom is -0.462 e. The molecular weight excluding hydrogens is 354 g/mol. The minimum absolute atomic E-state index is 0.163. The van der Waals surface area contributed by atoms with Crippen molar-refractivity contribution in [2.75, 3.05) is 36.5 Å². The van der Waals surface area contributed by atoms with E-state index < -0.39 is 11.9 Å². The van der Waals surface area contributed by atoms with Crippen molar-refractivity contribution in [3.8, 4) is 0 Å². The molecule has 0 atom stereocenters. The number of hydrogen-bond donors (Lipinski definition) is 1. The second-order valence-corrected chi connectivity index (χ2v) is 6.55.